The van der Waals surface area contributed by atoms with Crippen molar-refractivity contribution in [1.82, 2.24) is 0 Å². The summed E-state index contributed by atoms with van der Waals surface area (Å²) in [6.07, 6.45) is 4.95. The molecule has 0 N–H and O–H groups in total. The number of hydrogen-bond donors (Lipinski definition) is 0. The van der Waals surface area contributed by atoms with Gasteiger partial charge in [0.15, 0.2) is 13.2 Å². The highest BCUT2D eigenvalue weighted by atomic mass is 127. The summed E-state index contributed by atoms with van der Waals surface area (Å²) in [7, 11) is 0. The molecule has 4 heteroatoms. The number of carbonyl (C=O) groups excluding carboxylic acids is 1. The van der Waals surface area contributed by atoms with E-state index in [0.717, 1.165) is 0 Å². The molecular weight excluding hydrogens is 259 g/mol. The summed E-state index contributed by atoms with van der Waals surface area (Å²) in [5.41, 5.74) is 0. The summed E-state index contributed by atoms with van der Waals surface area (Å²) >= 11 is 1.87. The fourth-order valence-corrected chi connectivity index (χ4v) is 1.05. The second kappa shape index (κ2) is 3.62. The Bertz CT molecular complexity index is 249. The number of ether oxygens (including phenoxy) is 2. The van der Waals surface area contributed by atoms with Gasteiger partial charge < -0.3 is 9.47 Å². The van der Waals surface area contributed by atoms with Gasteiger partial charge >= 0.3 is 0 Å². The average Bonchev–Trinajstić information content (AvgIpc) is 2.31. The van der Waals surface area contributed by atoms with Gasteiger partial charge in [-0.3, -0.25) is 4.79 Å². The first-order valence-electron chi connectivity index (χ1n) is 2.87. The predicted molar refractivity (Wildman–Crippen MR) is 46.8 cm³/mol. The zero-order valence-corrected chi connectivity index (χ0v) is 7.75. The van der Waals surface area contributed by atoms with Gasteiger partial charge in [0.2, 0.25) is 5.78 Å². The Balaban J connectivity index is 2.59. The third kappa shape index (κ3) is 1.87. The standard InChI is InChI=1S/C7H5IO3/c1-2-3-10-7-6(8)5(9)4-11-7/h1H,3-4H2. The predicted octanol–water partition coefficient (Wildman–Crippen LogP) is 0.840. The van der Waals surface area contributed by atoms with Crippen LogP contribution in [-0.4, -0.2) is 19.0 Å². The molecule has 0 aromatic heterocycles. The molecule has 1 rings (SSSR count). The van der Waals surface area contributed by atoms with Gasteiger partial charge in [-0.25, -0.2) is 0 Å². The van der Waals surface area contributed by atoms with Crippen molar-refractivity contribution in [2.24, 2.45) is 0 Å². The van der Waals surface area contributed by atoms with Gasteiger partial charge in [-0.15, -0.1) is 6.42 Å². The summed E-state index contributed by atoms with van der Waals surface area (Å²) in [5, 5.41) is 0. The molecule has 0 spiro atoms. The molecule has 1 aliphatic rings. The van der Waals surface area contributed by atoms with Crippen molar-refractivity contribution < 1.29 is 14.3 Å². The Labute approximate surface area is 77.9 Å². The number of carbonyl (C=O) groups is 1. The normalized spacial score (nSPS) is 16.2. The smallest absolute Gasteiger partial charge is 0.298 e. The average molecular weight is 264 g/mol. The van der Waals surface area contributed by atoms with E-state index in [-0.39, 0.29) is 24.9 Å². The third-order valence-corrected chi connectivity index (χ3v) is 2.09. The topological polar surface area (TPSA) is 35.5 Å². The Morgan fingerprint density at radius 2 is 2.55 bits per heavy atom. The van der Waals surface area contributed by atoms with Crippen LogP contribution in [0.2, 0.25) is 0 Å². The van der Waals surface area contributed by atoms with Gasteiger partial charge in [0.25, 0.3) is 5.95 Å². The van der Waals surface area contributed by atoms with Gasteiger partial charge in [-0.1, -0.05) is 5.92 Å². The second-order valence-corrected chi connectivity index (χ2v) is 2.88. The van der Waals surface area contributed by atoms with E-state index in [2.05, 4.69) is 5.92 Å². The van der Waals surface area contributed by atoms with Gasteiger partial charge in [0.05, 0.1) is 0 Å². The molecular formula is C7H5IO3. The monoisotopic (exact) mass is 264 g/mol. The van der Waals surface area contributed by atoms with E-state index in [1.165, 1.54) is 0 Å². The molecule has 11 heavy (non-hydrogen) atoms. The fourth-order valence-electron chi connectivity index (χ4n) is 0.584. The maximum atomic E-state index is 10.8. The van der Waals surface area contributed by atoms with E-state index < -0.39 is 0 Å². The van der Waals surface area contributed by atoms with Crippen LogP contribution in [0.1, 0.15) is 0 Å². The quantitative estimate of drug-likeness (QED) is 0.547. The van der Waals surface area contributed by atoms with Crippen molar-refractivity contribution in [3.63, 3.8) is 0 Å². The molecule has 0 bridgehead atoms. The van der Waals surface area contributed by atoms with Crippen LogP contribution >= 0.6 is 22.6 Å². The highest BCUT2D eigenvalue weighted by molar-refractivity contribution is 14.1. The summed E-state index contributed by atoms with van der Waals surface area (Å²) in [6, 6.07) is 0. The maximum absolute atomic E-state index is 10.8. The molecule has 0 saturated heterocycles. The minimum absolute atomic E-state index is 0.0578. The van der Waals surface area contributed by atoms with E-state index in [4.69, 9.17) is 15.9 Å². The summed E-state index contributed by atoms with van der Waals surface area (Å²) in [4.78, 5) is 10.8. The van der Waals surface area contributed by atoms with Crippen molar-refractivity contribution in [2.45, 2.75) is 0 Å². The molecule has 1 heterocycles. The highest BCUT2D eigenvalue weighted by Crippen LogP contribution is 2.22. The molecule has 0 aliphatic carbocycles. The fraction of sp³-hybridized carbons (Fsp3) is 0.286. The van der Waals surface area contributed by atoms with E-state index in [1.807, 2.05) is 22.6 Å². The van der Waals surface area contributed by atoms with Crippen molar-refractivity contribution in [3.8, 4) is 12.3 Å². The molecule has 0 aromatic rings. The number of Topliss-reactive ketones (excluding diaryl/α,β-unsaturated/α-hetero) is 1. The van der Waals surface area contributed by atoms with Gasteiger partial charge in [0, 0.05) is 0 Å². The van der Waals surface area contributed by atoms with E-state index >= 15 is 0 Å². The highest BCUT2D eigenvalue weighted by Gasteiger charge is 2.23. The molecule has 58 valence electrons. The Morgan fingerprint density at radius 3 is 3.00 bits per heavy atom. The summed E-state index contributed by atoms with van der Waals surface area (Å²) in [6.45, 7) is 0.202. The minimum Gasteiger partial charge on any atom is -0.456 e. The van der Waals surface area contributed by atoms with Crippen LogP contribution in [0.4, 0.5) is 0 Å². The minimum atomic E-state index is -0.0578. The SMILES string of the molecule is C#CCOC1=C(I)C(=O)CO1. The second-order valence-electron chi connectivity index (χ2n) is 1.81. The van der Waals surface area contributed by atoms with Crippen LogP contribution < -0.4 is 0 Å². The van der Waals surface area contributed by atoms with Crippen molar-refractivity contribution in [2.75, 3.05) is 13.2 Å². The lowest BCUT2D eigenvalue weighted by atomic mass is 10.4. The first kappa shape index (κ1) is 8.40. The van der Waals surface area contributed by atoms with Crippen LogP contribution in [0.3, 0.4) is 0 Å². The molecule has 0 fully saturated rings. The molecule has 3 nitrogen and oxygen atoms in total. The molecule has 1 aliphatic heterocycles. The summed E-state index contributed by atoms with van der Waals surface area (Å²) in [5.74, 6) is 2.48. The number of rotatable bonds is 2. The third-order valence-electron chi connectivity index (χ3n) is 1.04. The van der Waals surface area contributed by atoms with Crippen LogP contribution in [0, 0.1) is 12.3 Å². The zero-order valence-electron chi connectivity index (χ0n) is 5.59. The van der Waals surface area contributed by atoms with Crippen LogP contribution in [-0.2, 0) is 14.3 Å². The Morgan fingerprint density at radius 1 is 1.82 bits per heavy atom. The van der Waals surface area contributed by atoms with E-state index in [1.54, 1.807) is 0 Å². The molecule has 0 amide bonds. The number of ketones is 1. The largest absolute Gasteiger partial charge is 0.456 e. The lowest BCUT2D eigenvalue weighted by molar-refractivity contribution is -0.116. The molecule has 0 aromatic carbocycles. The Hall–Kier alpha value is -0.700. The van der Waals surface area contributed by atoms with Gasteiger partial charge in [0.1, 0.15) is 3.58 Å². The number of terminal acetylenes is 1. The molecule has 0 radical (unpaired) electrons. The number of halogens is 1. The maximum Gasteiger partial charge on any atom is 0.298 e. The van der Waals surface area contributed by atoms with Crippen LogP contribution in [0.5, 0.6) is 0 Å². The lowest BCUT2D eigenvalue weighted by Gasteiger charge is -2.01. The van der Waals surface area contributed by atoms with Crippen LogP contribution in [0.25, 0.3) is 0 Å². The van der Waals surface area contributed by atoms with Crippen molar-refractivity contribution in [3.05, 3.63) is 9.53 Å². The first-order valence-corrected chi connectivity index (χ1v) is 3.95. The lowest BCUT2D eigenvalue weighted by Crippen LogP contribution is -1.95. The number of hydrogen-bond acceptors (Lipinski definition) is 3. The van der Waals surface area contributed by atoms with E-state index in [9.17, 15) is 4.79 Å². The Kier molecular flexibility index (Phi) is 2.76. The van der Waals surface area contributed by atoms with Crippen molar-refractivity contribution >= 4 is 28.4 Å². The van der Waals surface area contributed by atoms with E-state index in [0.29, 0.717) is 3.58 Å². The van der Waals surface area contributed by atoms with Gasteiger partial charge in [-0.2, -0.15) is 0 Å². The van der Waals surface area contributed by atoms with Crippen LogP contribution in [0.15, 0.2) is 9.53 Å². The molecule has 0 atom stereocenters. The first-order chi connectivity index (χ1) is 5.25. The molecule has 0 saturated carbocycles. The van der Waals surface area contributed by atoms with Crippen molar-refractivity contribution in [1.29, 1.82) is 0 Å². The van der Waals surface area contributed by atoms with Gasteiger partial charge in [-0.05, 0) is 22.6 Å². The molecule has 0 unspecified atom stereocenters. The summed E-state index contributed by atoms with van der Waals surface area (Å²) < 4.78 is 10.3. The zero-order chi connectivity index (χ0) is 8.27.